The first-order chi connectivity index (χ1) is 9.22. The van der Waals surface area contributed by atoms with E-state index in [-0.39, 0.29) is 11.9 Å². The van der Waals surface area contributed by atoms with Crippen molar-refractivity contribution >= 4 is 17.5 Å². The summed E-state index contributed by atoms with van der Waals surface area (Å²) in [5, 5.41) is 0. The molecule has 2 rings (SSSR count). The van der Waals surface area contributed by atoms with Crippen molar-refractivity contribution in [3.63, 3.8) is 0 Å². The van der Waals surface area contributed by atoms with Crippen LogP contribution in [0.3, 0.4) is 0 Å². The van der Waals surface area contributed by atoms with Gasteiger partial charge in [-0.2, -0.15) is 0 Å². The van der Waals surface area contributed by atoms with Crippen LogP contribution >= 0.6 is 11.6 Å². The maximum atomic E-state index is 12.5. The Balaban J connectivity index is 2.07. The Morgan fingerprint density at radius 1 is 1.32 bits per heavy atom. The fourth-order valence-corrected chi connectivity index (χ4v) is 3.06. The van der Waals surface area contributed by atoms with Crippen LogP contribution < -0.4 is 0 Å². The number of aryl methyl sites for hydroxylation is 1. The van der Waals surface area contributed by atoms with Crippen LogP contribution in [0.25, 0.3) is 0 Å². The van der Waals surface area contributed by atoms with E-state index >= 15 is 0 Å². The van der Waals surface area contributed by atoms with E-state index in [1.165, 1.54) is 18.4 Å². The number of alkyl halides is 1. The maximum absolute atomic E-state index is 12.5. The van der Waals surface area contributed by atoms with Crippen molar-refractivity contribution in [2.24, 2.45) is 0 Å². The first kappa shape index (κ1) is 14.4. The lowest BCUT2D eigenvalue weighted by Crippen LogP contribution is -2.42. The normalized spacial score (nSPS) is 20.1. The summed E-state index contributed by atoms with van der Waals surface area (Å²) in [5.41, 5.74) is 2.32. The third-order valence-corrected chi connectivity index (χ3v) is 4.33. The third-order valence-electron chi connectivity index (χ3n) is 3.98. The maximum Gasteiger partial charge on any atom is 0.227 e. The monoisotopic (exact) mass is 279 g/mol. The number of nitrogens with zero attached hydrogens (tertiary/aromatic N) is 1. The zero-order valence-corrected chi connectivity index (χ0v) is 12.3. The fourth-order valence-electron chi connectivity index (χ4n) is 2.74. The molecule has 1 aromatic carbocycles. The minimum atomic E-state index is 0.223. The van der Waals surface area contributed by atoms with Crippen molar-refractivity contribution < 1.29 is 4.79 Å². The van der Waals surface area contributed by atoms with Crippen LogP contribution in [0.1, 0.15) is 36.8 Å². The topological polar surface area (TPSA) is 20.3 Å². The average molecular weight is 280 g/mol. The predicted octanol–water partition coefficient (Wildman–Crippen LogP) is 3.55. The van der Waals surface area contributed by atoms with Gasteiger partial charge < -0.3 is 4.90 Å². The second kappa shape index (κ2) is 6.95. The van der Waals surface area contributed by atoms with Gasteiger partial charge >= 0.3 is 0 Å². The van der Waals surface area contributed by atoms with Gasteiger partial charge in [0.1, 0.15) is 0 Å². The largest absolute Gasteiger partial charge is 0.338 e. The molecule has 0 N–H and O–H groups in total. The van der Waals surface area contributed by atoms with Gasteiger partial charge in [-0.15, -0.1) is 11.6 Å². The fraction of sp³-hybridized carbons (Fsp3) is 0.562. The summed E-state index contributed by atoms with van der Waals surface area (Å²) < 4.78 is 0. The molecule has 0 saturated carbocycles. The Kier molecular flexibility index (Phi) is 5.26. The quantitative estimate of drug-likeness (QED) is 0.775. The van der Waals surface area contributed by atoms with E-state index in [0.29, 0.717) is 12.3 Å². The van der Waals surface area contributed by atoms with Crippen LogP contribution in [0.2, 0.25) is 0 Å². The van der Waals surface area contributed by atoms with Crippen LogP contribution in [0, 0.1) is 6.92 Å². The molecule has 0 radical (unpaired) electrons. The molecule has 0 bridgehead atoms. The molecule has 1 fully saturated rings. The Morgan fingerprint density at radius 3 is 2.84 bits per heavy atom. The highest BCUT2D eigenvalue weighted by atomic mass is 35.5. The first-order valence-electron chi connectivity index (χ1n) is 7.12. The van der Waals surface area contributed by atoms with Gasteiger partial charge in [0.05, 0.1) is 6.42 Å². The van der Waals surface area contributed by atoms with Crippen LogP contribution in [0.15, 0.2) is 24.3 Å². The molecular formula is C16H22ClNO. The molecule has 1 unspecified atom stereocenters. The Hall–Kier alpha value is -1.02. The van der Waals surface area contributed by atoms with E-state index < -0.39 is 0 Å². The van der Waals surface area contributed by atoms with E-state index in [9.17, 15) is 4.79 Å². The SMILES string of the molecule is Cc1ccccc1CC(=O)N1CCCCCC1CCl. The molecule has 1 aliphatic rings. The van der Waals surface area contributed by atoms with Gasteiger partial charge in [-0.1, -0.05) is 37.1 Å². The highest BCUT2D eigenvalue weighted by molar-refractivity contribution is 6.18. The molecule has 1 aliphatic heterocycles. The molecule has 0 spiro atoms. The number of halogens is 1. The lowest BCUT2D eigenvalue weighted by atomic mass is 10.0. The Labute approximate surface area is 120 Å². The number of benzene rings is 1. The van der Waals surface area contributed by atoms with Crippen molar-refractivity contribution in [1.82, 2.24) is 4.90 Å². The number of hydrogen-bond acceptors (Lipinski definition) is 1. The van der Waals surface area contributed by atoms with Gasteiger partial charge in [-0.05, 0) is 30.9 Å². The molecule has 1 atom stereocenters. The molecule has 1 aromatic rings. The van der Waals surface area contributed by atoms with Crippen molar-refractivity contribution in [2.75, 3.05) is 12.4 Å². The van der Waals surface area contributed by atoms with Gasteiger partial charge in [-0.25, -0.2) is 0 Å². The summed E-state index contributed by atoms with van der Waals surface area (Å²) in [7, 11) is 0. The number of amides is 1. The van der Waals surface area contributed by atoms with Crippen LogP contribution in [0.5, 0.6) is 0 Å². The highest BCUT2D eigenvalue weighted by Crippen LogP contribution is 2.19. The van der Waals surface area contributed by atoms with Crippen molar-refractivity contribution in [3.8, 4) is 0 Å². The average Bonchev–Trinajstić information content (AvgIpc) is 2.66. The Morgan fingerprint density at radius 2 is 2.11 bits per heavy atom. The third kappa shape index (κ3) is 3.73. The van der Waals surface area contributed by atoms with E-state index in [2.05, 4.69) is 13.0 Å². The van der Waals surface area contributed by atoms with Crippen LogP contribution in [-0.4, -0.2) is 29.3 Å². The molecule has 2 nitrogen and oxygen atoms in total. The highest BCUT2D eigenvalue weighted by Gasteiger charge is 2.24. The van der Waals surface area contributed by atoms with E-state index in [0.717, 1.165) is 24.9 Å². The number of rotatable bonds is 3. The zero-order chi connectivity index (χ0) is 13.7. The minimum Gasteiger partial charge on any atom is -0.338 e. The Bertz CT molecular complexity index is 433. The summed E-state index contributed by atoms with van der Waals surface area (Å²) >= 11 is 6.03. The number of likely N-dealkylation sites (tertiary alicyclic amines) is 1. The summed E-state index contributed by atoms with van der Waals surface area (Å²) in [6, 6.07) is 8.33. The van der Waals surface area contributed by atoms with Crippen LogP contribution in [0.4, 0.5) is 0 Å². The molecule has 19 heavy (non-hydrogen) atoms. The number of carbonyl (C=O) groups excluding carboxylic acids is 1. The molecule has 1 amide bonds. The van der Waals surface area contributed by atoms with Crippen molar-refractivity contribution in [3.05, 3.63) is 35.4 Å². The summed E-state index contributed by atoms with van der Waals surface area (Å²) in [5.74, 6) is 0.779. The van der Waals surface area contributed by atoms with Gasteiger partial charge in [0, 0.05) is 18.5 Å². The second-order valence-electron chi connectivity index (χ2n) is 5.35. The van der Waals surface area contributed by atoms with Crippen molar-refractivity contribution in [1.29, 1.82) is 0 Å². The zero-order valence-electron chi connectivity index (χ0n) is 11.6. The molecular weight excluding hydrogens is 258 g/mol. The summed E-state index contributed by atoms with van der Waals surface area (Å²) in [6.07, 6.45) is 5.04. The molecule has 1 heterocycles. The lowest BCUT2D eigenvalue weighted by Gasteiger charge is -2.29. The smallest absolute Gasteiger partial charge is 0.227 e. The summed E-state index contributed by atoms with van der Waals surface area (Å²) in [4.78, 5) is 14.5. The number of carbonyl (C=O) groups is 1. The molecule has 1 saturated heterocycles. The van der Waals surface area contributed by atoms with E-state index in [1.807, 2.05) is 23.1 Å². The first-order valence-corrected chi connectivity index (χ1v) is 7.65. The van der Waals surface area contributed by atoms with E-state index in [1.54, 1.807) is 0 Å². The van der Waals surface area contributed by atoms with Crippen LogP contribution in [-0.2, 0) is 11.2 Å². The minimum absolute atomic E-state index is 0.223. The van der Waals surface area contributed by atoms with Gasteiger partial charge in [0.15, 0.2) is 0 Å². The number of hydrogen-bond donors (Lipinski definition) is 0. The lowest BCUT2D eigenvalue weighted by molar-refractivity contribution is -0.132. The van der Waals surface area contributed by atoms with Gasteiger partial charge in [-0.3, -0.25) is 4.79 Å². The molecule has 0 aliphatic carbocycles. The van der Waals surface area contributed by atoms with Gasteiger partial charge in [0.25, 0.3) is 0 Å². The van der Waals surface area contributed by atoms with Crippen molar-refractivity contribution in [2.45, 2.75) is 45.1 Å². The van der Waals surface area contributed by atoms with E-state index in [4.69, 9.17) is 11.6 Å². The molecule has 3 heteroatoms. The molecule has 0 aromatic heterocycles. The predicted molar refractivity (Wildman–Crippen MR) is 79.6 cm³/mol. The molecule has 104 valence electrons. The summed E-state index contributed by atoms with van der Waals surface area (Å²) in [6.45, 7) is 2.92. The van der Waals surface area contributed by atoms with Gasteiger partial charge in [0.2, 0.25) is 5.91 Å². The second-order valence-corrected chi connectivity index (χ2v) is 5.66. The standard InChI is InChI=1S/C16H22ClNO/c1-13-7-4-5-8-14(13)11-16(19)18-10-6-2-3-9-15(18)12-17/h4-5,7-8,15H,2-3,6,9-12H2,1H3.